The molecule has 0 aliphatic heterocycles. The van der Waals surface area contributed by atoms with Gasteiger partial charge in [0, 0.05) is 22.7 Å². The maximum Gasteiger partial charge on any atom is 0.421 e. The third kappa shape index (κ3) is 2.35. The normalized spacial score (nSPS) is 18.4. The van der Waals surface area contributed by atoms with Crippen molar-refractivity contribution in [1.82, 2.24) is 0 Å². The van der Waals surface area contributed by atoms with Crippen LogP contribution in [0.3, 0.4) is 0 Å². The summed E-state index contributed by atoms with van der Waals surface area (Å²) in [5.74, 6) is -0.731. The molecule has 0 radical (unpaired) electrons. The van der Waals surface area contributed by atoms with Crippen LogP contribution in [-0.4, -0.2) is 26.1 Å². The van der Waals surface area contributed by atoms with E-state index in [1.54, 1.807) is 22.6 Å². The monoisotopic (exact) mass is 464 g/mol. The first kappa shape index (κ1) is 16.0. The highest BCUT2D eigenvalue weighted by Crippen LogP contribution is 2.48. The van der Waals surface area contributed by atoms with Gasteiger partial charge < -0.3 is 9.47 Å². The van der Waals surface area contributed by atoms with Gasteiger partial charge in [-0.15, -0.1) is 0 Å². The molecule has 0 spiro atoms. The summed E-state index contributed by atoms with van der Waals surface area (Å²) in [5.41, 5.74) is -0.370. The van der Waals surface area contributed by atoms with Crippen molar-refractivity contribution in [3.8, 4) is 5.75 Å². The molecule has 0 fully saturated rings. The fourth-order valence-corrected chi connectivity index (χ4v) is 4.10. The molecule has 0 bridgehead atoms. The van der Waals surface area contributed by atoms with Crippen molar-refractivity contribution >= 4 is 44.3 Å². The summed E-state index contributed by atoms with van der Waals surface area (Å²) in [5, 5.41) is 0. The average Bonchev–Trinajstić information content (AvgIpc) is 2.69. The number of hydrogen-bond acceptors (Lipinski definition) is 3. The molecule has 0 amide bonds. The minimum Gasteiger partial charge on any atom is -0.495 e. The average molecular weight is 465 g/mol. The Labute approximate surface area is 135 Å². The number of halogens is 5. The lowest BCUT2D eigenvalue weighted by molar-refractivity contribution is -0.139. The molecule has 3 nitrogen and oxygen atoms in total. The number of hydrogen-bond donors (Lipinski definition) is 0. The van der Waals surface area contributed by atoms with E-state index in [9.17, 15) is 18.0 Å². The van der Waals surface area contributed by atoms with E-state index in [0.717, 1.165) is 0 Å². The SMILES string of the molecule is COc1c(Br)c2c(c(I)c1C(F)(F)F)C(=O)C(OC)C2. The molecule has 0 aromatic heterocycles. The molecule has 1 aromatic rings. The maximum atomic E-state index is 13.2. The van der Waals surface area contributed by atoms with Gasteiger partial charge in [-0.05, 0) is 44.1 Å². The van der Waals surface area contributed by atoms with Crippen LogP contribution in [0.25, 0.3) is 0 Å². The number of carbonyl (C=O) groups excluding carboxylic acids is 1. The molecule has 2 rings (SSSR count). The van der Waals surface area contributed by atoms with E-state index in [0.29, 0.717) is 5.56 Å². The Morgan fingerprint density at radius 2 is 1.95 bits per heavy atom. The summed E-state index contributed by atoms with van der Waals surface area (Å²) < 4.78 is 49.5. The van der Waals surface area contributed by atoms with E-state index in [1.165, 1.54) is 14.2 Å². The van der Waals surface area contributed by atoms with E-state index in [1.807, 2.05) is 0 Å². The zero-order valence-corrected chi connectivity index (χ0v) is 14.1. The van der Waals surface area contributed by atoms with Gasteiger partial charge >= 0.3 is 6.18 Å². The molecule has 1 aromatic carbocycles. The Kier molecular flexibility index (Phi) is 4.37. The molecule has 110 valence electrons. The van der Waals surface area contributed by atoms with Gasteiger partial charge in [-0.25, -0.2) is 0 Å². The van der Waals surface area contributed by atoms with Crippen LogP contribution in [-0.2, 0) is 17.3 Å². The van der Waals surface area contributed by atoms with Crippen molar-refractivity contribution in [1.29, 1.82) is 0 Å². The number of benzene rings is 1. The van der Waals surface area contributed by atoms with E-state index >= 15 is 0 Å². The van der Waals surface area contributed by atoms with Gasteiger partial charge in [0.05, 0.1) is 11.6 Å². The maximum absolute atomic E-state index is 13.2. The first-order valence-electron chi connectivity index (χ1n) is 5.46. The first-order valence-corrected chi connectivity index (χ1v) is 7.33. The fraction of sp³-hybridized carbons (Fsp3) is 0.417. The Balaban J connectivity index is 2.80. The zero-order valence-electron chi connectivity index (χ0n) is 10.4. The molecule has 1 atom stereocenters. The van der Waals surface area contributed by atoms with Crippen LogP contribution in [0.2, 0.25) is 0 Å². The van der Waals surface area contributed by atoms with Crippen molar-refractivity contribution in [2.45, 2.75) is 18.7 Å². The Morgan fingerprint density at radius 3 is 2.40 bits per heavy atom. The largest absolute Gasteiger partial charge is 0.495 e. The molecule has 20 heavy (non-hydrogen) atoms. The van der Waals surface area contributed by atoms with Crippen molar-refractivity contribution in [3.05, 3.63) is 24.7 Å². The van der Waals surface area contributed by atoms with Crippen LogP contribution >= 0.6 is 38.5 Å². The van der Waals surface area contributed by atoms with Crippen LogP contribution in [0.15, 0.2) is 4.47 Å². The minimum absolute atomic E-state index is 0.0671. The van der Waals surface area contributed by atoms with E-state index in [-0.39, 0.29) is 25.8 Å². The van der Waals surface area contributed by atoms with Gasteiger partial charge in [0.15, 0.2) is 5.78 Å². The zero-order chi connectivity index (χ0) is 15.2. The summed E-state index contributed by atoms with van der Waals surface area (Å²) >= 11 is 4.66. The summed E-state index contributed by atoms with van der Waals surface area (Å²) in [6, 6.07) is 0. The molecule has 0 heterocycles. The number of ether oxygens (including phenoxy) is 2. The second-order valence-electron chi connectivity index (χ2n) is 4.18. The highest BCUT2D eigenvalue weighted by atomic mass is 127. The Hall–Kier alpha value is -0.350. The van der Waals surface area contributed by atoms with Crippen molar-refractivity contribution in [2.75, 3.05) is 14.2 Å². The summed E-state index contributed by atoms with van der Waals surface area (Å²) in [6.07, 6.45) is -5.12. The lowest BCUT2D eigenvalue weighted by Crippen LogP contribution is -2.19. The van der Waals surface area contributed by atoms with Crippen LogP contribution in [0, 0.1) is 3.57 Å². The molecular weight excluding hydrogens is 456 g/mol. The molecule has 1 unspecified atom stereocenters. The number of fused-ring (bicyclic) bond motifs is 1. The second-order valence-corrected chi connectivity index (χ2v) is 6.05. The van der Waals surface area contributed by atoms with Gasteiger partial charge in [-0.2, -0.15) is 13.2 Å². The topological polar surface area (TPSA) is 35.5 Å². The summed E-state index contributed by atoms with van der Waals surface area (Å²) in [6.45, 7) is 0. The van der Waals surface area contributed by atoms with Crippen LogP contribution in [0.4, 0.5) is 13.2 Å². The predicted molar refractivity (Wildman–Crippen MR) is 77.2 cm³/mol. The minimum atomic E-state index is -4.61. The van der Waals surface area contributed by atoms with Crippen LogP contribution < -0.4 is 4.74 Å². The smallest absolute Gasteiger partial charge is 0.421 e. The third-order valence-electron chi connectivity index (χ3n) is 3.13. The van der Waals surface area contributed by atoms with Crippen LogP contribution in [0.5, 0.6) is 5.75 Å². The number of alkyl halides is 3. The molecule has 0 saturated carbocycles. The highest BCUT2D eigenvalue weighted by molar-refractivity contribution is 14.1. The lowest BCUT2D eigenvalue weighted by Gasteiger charge is -2.18. The highest BCUT2D eigenvalue weighted by Gasteiger charge is 2.44. The van der Waals surface area contributed by atoms with E-state index in [2.05, 4.69) is 15.9 Å². The van der Waals surface area contributed by atoms with Gasteiger partial charge in [0.2, 0.25) is 0 Å². The fourth-order valence-electron chi connectivity index (χ4n) is 2.24. The van der Waals surface area contributed by atoms with Crippen molar-refractivity contribution < 1.29 is 27.4 Å². The molecule has 8 heteroatoms. The second kappa shape index (κ2) is 5.45. The van der Waals surface area contributed by atoms with Crippen molar-refractivity contribution in [2.24, 2.45) is 0 Å². The van der Waals surface area contributed by atoms with Crippen molar-refractivity contribution in [3.63, 3.8) is 0 Å². The third-order valence-corrected chi connectivity index (χ3v) is 5.05. The molecule has 0 saturated heterocycles. The first-order chi connectivity index (χ1) is 9.23. The number of methoxy groups -OCH3 is 2. The molecule has 1 aliphatic carbocycles. The number of rotatable bonds is 2. The Morgan fingerprint density at radius 1 is 1.35 bits per heavy atom. The van der Waals surface area contributed by atoms with Gasteiger partial charge in [-0.1, -0.05) is 0 Å². The van der Waals surface area contributed by atoms with Crippen LogP contribution in [0.1, 0.15) is 21.5 Å². The standard InChI is InChI=1S/C12H9BrF3IO3/c1-19-5-3-4-6(10(5)18)9(17)7(12(14,15)16)11(20-2)8(4)13/h5H,3H2,1-2H3. The summed E-state index contributed by atoms with van der Waals surface area (Å²) in [4.78, 5) is 12.1. The van der Waals surface area contributed by atoms with E-state index in [4.69, 9.17) is 9.47 Å². The van der Waals surface area contributed by atoms with Gasteiger partial charge in [-0.3, -0.25) is 4.79 Å². The number of ketones is 1. The summed E-state index contributed by atoms with van der Waals surface area (Å²) in [7, 11) is 2.53. The molecule has 0 N–H and O–H groups in total. The molecular formula is C12H9BrF3IO3. The van der Waals surface area contributed by atoms with Gasteiger partial charge in [0.1, 0.15) is 17.4 Å². The lowest BCUT2D eigenvalue weighted by atomic mass is 10.0. The van der Waals surface area contributed by atoms with Gasteiger partial charge in [0.25, 0.3) is 0 Å². The Bertz CT molecular complexity index is 587. The van der Waals surface area contributed by atoms with E-state index < -0.39 is 23.6 Å². The number of carbonyl (C=O) groups is 1. The quantitative estimate of drug-likeness (QED) is 0.624. The molecule has 1 aliphatic rings. The number of Topliss-reactive ketones (excluding diaryl/α,β-unsaturated/α-hetero) is 1. The predicted octanol–water partition coefficient (Wildman–Crippen LogP) is 3.83.